The molecule has 0 radical (unpaired) electrons. The molecule has 9 heteroatoms. The Labute approximate surface area is 228 Å². The molecule has 3 aromatic carbocycles. The lowest BCUT2D eigenvalue weighted by Gasteiger charge is -2.48. The lowest BCUT2D eigenvalue weighted by molar-refractivity contribution is -0.161. The van der Waals surface area contributed by atoms with Crippen LogP contribution in [0.5, 0.6) is 0 Å². The molecule has 2 saturated heterocycles. The molecule has 2 aliphatic heterocycles. The van der Waals surface area contributed by atoms with Crippen molar-refractivity contribution in [3.05, 3.63) is 95.3 Å². The number of aliphatic hydroxyl groups is 3. The van der Waals surface area contributed by atoms with E-state index in [1.807, 2.05) is 36.4 Å². The SMILES string of the molecule is O=C1[C@H](c2ccc([C@@H]3[C@@H](CC[C@H](O)c4ccc(P)cc4)C(=O)N3c3ccc(F)cc3)cc2)O[C@H](CO)C[C@@H]1O. The normalized spacial score (nSPS) is 25.9. The summed E-state index contributed by atoms with van der Waals surface area (Å²) in [5, 5.41) is 31.3. The maximum atomic E-state index is 13.6. The van der Waals surface area contributed by atoms with Gasteiger partial charge in [-0.25, -0.2) is 4.39 Å². The van der Waals surface area contributed by atoms with Crippen LogP contribution in [-0.4, -0.2) is 45.8 Å². The van der Waals surface area contributed by atoms with E-state index >= 15 is 0 Å². The highest BCUT2D eigenvalue weighted by Gasteiger charge is 2.48. The number of carbonyl (C=O) groups excluding carboxylic acids is 2. The fourth-order valence-electron chi connectivity index (χ4n) is 5.41. The van der Waals surface area contributed by atoms with Crippen LogP contribution in [0.3, 0.4) is 0 Å². The van der Waals surface area contributed by atoms with Gasteiger partial charge in [0.25, 0.3) is 0 Å². The van der Waals surface area contributed by atoms with Crippen LogP contribution >= 0.6 is 9.24 Å². The van der Waals surface area contributed by atoms with Gasteiger partial charge in [-0.1, -0.05) is 48.5 Å². The number of rotatable bonds is 8. The monoisotopic (exact) mass is 551 g/mol. The number of nitrogens with zero attached hydrogens (tertiary/aromatic N) is 1. The quantitative estimate of drug-likeness (QED) is 0.293. The predicted octanol–water partition coefficient (Wildman–Crippen LogP) is 3.30. The summed E-state index contributed by atoms with van der Waals surface area (Å²) >= 11 is 0. The Morgan fingerprint density at radius 3 is 2.26 bits per heavy atom. The Kier molecular flexibility index (Phi) is 8.21. The highest BCUT2D eigenvalue weighted by atomic mass is 31.0. The van der Waals surface area contributed by atoms with Gasteiger partial charge < -0.3 is 25.0 Å². The molecule has 3 N–H and O–H groups in total. The average molecular weight is 552 g/mol. The Morgan fingerprint density at radius 2 is 1.62 bits per heavy atom. The summed E-state index contributed by atoms with van der Waals surface area (Å²) < 4.78 is 19.3. The first-order valence-electron chi connectivity index (χ1n) is 13.0. The zero-order valence-corrected chi connectivity index (χ0v) is 22.3. The number of aliphatic hydroxyl groups excluding tert-OH is 3. The summed E-state index contributed by atoms with van der Waals surface area (Å²) in [6, 6.07) is 20.0. The number of halogens is 1. The highest BCUT2D eigenvalue weighted by Crippen LogP contribution is 2.46. The fourth-order valence-corrected chi connectivity index (χ4v) is 5.60. The number of amides is 1. The van der Waals surface area contributed by atoms with Gasteiger partial charge >= 0.3 is 0 Å². The van der Waals surface area contributed by atoms with Gasteiger partial charge in [0, 0.05) is 12.1 Å². The molecule has 0 saturated carbocycles. The zero-order valence-electron chi connectivity index (χ0n) is 21.2. The van der Waals surface area contributed by atoms with Crippen molar-refractivity contribution in [2.75, 3.05) is 11.5 Å². The maximum absolute atomic E-state index is 13.6. The maximum Gasteiger partial charge on any atom is 0.233 e. The molecule has 0 aromatic heterocycles. The van der Waals surface area contributed by atoms with Crippen LogP contribution < -0.4 is 10.2 Å². The van der Waals surface area contributed by atoms with E-state index in [4.69, 9.17) is 4.74 Å². The number of carbonyl (C=O) groups is 2. The Hall–Kier alpha value is -3.00. The summed E-state index contributed by atoms with van der Waals surface area (Å²) in [4.78, 5) is 27.5. The van der Waals surface area contributed by atoms with E-state index in [1.165, 1.54) is 12.1 Å². The Morgan fingerprint density at radius 1 is 0.974 bits per heavy atom. The topological polar surface area (TPSA) is 107 Å². The van der Waals surface area contributed by atoms with Crippen LogP contribution in [0.2, 0.25) is 0 Å². The zero-order chi connectivity index (χ0) is 27.7. The van der Waals surface area contributed by atoms with E-state index in [2.05, 4.69) is 9.24 Å². The van der Waals surface area contributed by atoms with E-state index in [9.17, 15) is 29.3 Å². The Bertz CT molecular complexity index is 1320. The minimum atomic E-state index is -1.21. The van der Waals surface area contributed by atoms with Crippen LogP contribution in [0.15, 0.2) is 72.8 Å². The third-order valence-electron chi connectivity index (χ3n) is 7.58. The molecular weight excluding hydrogens is 520 g/mol. The van der Waals surface area contributed by atoms with E-state index < -0.39 is 41.9 Å². The molecule has 7 atom stereocenters. The van der Waals surface area contributed by atoms with Crippen molar-refractivity contribution in [3.63, 3.8) is 0 Å². The average Bonchev–Trinajstić information content (AvgIpc) is 2.94. The number of β-lactam (4-membered cyclic amide) rings is 1. The molecule has 0 aliphatic carbocycles. The third-order valence-corrected chi connectivity index (χ3v) is 7.96. The third kappa shape index (κ3) is 5.67. The Balaban J connectivity index is 1.38. The van der Waals surface area contributed by atoms with Gasteiger partial charge in [0.15, 0.2) is 5.78 Å². The predicted molar refractivity (Wildman–Crippen MR) is 147 cm³/mol. The standard InChI is InChI=1S/C30H31FNO6P/c31-20-7-9-21(10-8-20)32-27(24(30(32)37)13-14-25(34)17-5-11-23(39)12-6-17)18-1-3-19(4-2-18)29-28(36)26(35)15-22(16-33)38-29/h1-12,22,24-27,29,33-35H,13-16,39H2/t22-,24+,25-,26-,27+,29-/m0/s1. The van der Waals surface area contributed by atoms with Crippen LogP contribution in [0.25, 0.3) is 0 Å². The summed E-state index contributed by atoms with van der Waals surface area (Å²) in [6.07, 6.45) is -2.66. The molecular formula is C30H31FNO6P. The van der Waals surface area contributed by atoms with Gasteiger partial charge in [-0.15, -0.1) is 9.24 Å². The molecule has 2 aliphatic rings. The van der Waals surface area contributed by atoms with Crippen molar-refractivity contribution in [2.24, 2.45) is 5.92 Å². The molecule has 5 rings (SSSR count). The number of benzene rings is 3. The summed E-state index contributed by atoms with van der Waals surface area (Å²) in [5.41, 5.74) is 2.72. The summed E-state index contributed by atoms with van der Waals surface area (Å²) in [6.45, 7) is -0.301. The van der Waals surface area contributed by atoms with Crippen molar-refractivity contribution < 1.29 is 34.0 Å². The molecule has 0 spiro atoms. The highest BCUT2D eigenvalue weighted by molar-refractivity contribution is 7.27. The van der Waals surface area contributed by atoms with Gasteiger partial charge in [-0.2, -0.15) is 0 Å². The molecule has 2 fully saturated rings. The van der Waals surface area contributed by atoms with Crippen LogP contribution in [-0.2, 0) is 14.3 Å². The molecule has 7 nitrogen and oxygen atoms in total. The van der Waals surface area contributed by atoms with E-state index in [-0.39, 0.29) is 25.0 Å². The lowest BCUT2D eigenvalue weighted by Crippen LogP contribution is -2.55. The van der Waals surface area contributed by atoms with Crippen molar-refractivity contribution in [2.45, 2.75) is 49.7 Å². The first-order chi connectivity index (χ1) is 18.8. The molecule has 0 bridgehead atoms. The van der Waals surface area contributed by atoms with E-state index in [0.717, 1.165) is 16.4 Å². The number of anilines is 1. The van der Waals surface area contributed by atoms with Crippen LogP contribution in [0, 0.1) is 11.7 Å². The van der Waals surface area contributed by atoms with Gasteiger partial charge in [0.1, 0.15) is 18.0 Å². The van der Waals surface area contributed by atoms with Gasteiger partial charge in [0.2, 0.25) is 5.91 Å². The molecule has 204 valence electrons. The first-order valence-corrected chi connectivity index (χ1v) is 13.5. The first kappa shape index (κ1) is 27.6. The number of hydrogen-bond acceptors (Lipinski definition) is 6. The molecule has 1 amide bonds. The number of Topliss-reactive ketones (excluding diaryl/α,β-unsaturated/α-hetero) is 1. The van der Waals surface area contributed by atoms with Crippen LogP contribution in [0.1, 0.15) is 54.2 Å². The summed E-state index contributed by atoms with van der Waals surface area (Å²) in [7, 11) is 2.61. The second-order valence-electron chi connectivity index (χ2n) is 10.1. The molecule has 3 aromatic rings. The molecule has 39 heavy (non-hydrogen) atoms. The lowest BCUT2D eigenvalue weighted by atomic mass is 9.78. The van der Waals surface area contributed by atoms with Crippen molar-refractivity contribution in [1.82, 2.24) is 0 Å². The van der Waals surface area contributed by atoms with Crippen molar-refractivity contribution in [3.8, 4) is 0 Å². The smallest absolute Gasteiger partial charge is 0.233 e. The van der Waals surface area contributed by atoms with Gasteiger partial charge in [-0.3, -0.25) is 9.59 Å². The second kappa shape index (κ2) is 11.6. The largest absolute Gasteiger partial charge is 0.394 e. The van der Waals surface area contributed by atoms with E-state index in [0.29, 0.717) is 24.1 Å². The summed E-state index contributed by atoms with van der Waals surface area (Å²) in [5.74, 6) is -1.36. The fraction of sp³-hybridized carbons (Fsp3) is 0.333. The number of ketones is 1. The second-order valence-corrected chi connectivity index (χ2v) is 10.8. The minimum absolute atomic E-state index is 0.0514. The van der Waals surface area contributed by atoms with E-state index in [1.54, 1.807) is 29.2 Å². The van der Waals surface area contributed by atoms with Gasteiger partial charge in [0.05, 0.1) is 30.8 Å². The number of ether oxygens (including phenoxy) is 1. The van der Waals surface area contributed by atoms with Gasteiger partial charge in [-0.05, 0) is 59.1 Å². The molecule has 1 unspecified atom stereocenters. The van der Waals surface area contributed by atoms with Crippen LogP contribution in [0.4, 0.5) is 10.1 Å². The number of hydrogen-bond donors (Lipinski definition) is 3. The minimum Gasteiger partial charge on any atom is -0.394 e. The van der Waals surface area contributed by atoms with Crippen molar-refractivity contribution in [1.29, 1.82) is 0 Å². The molecule has 2 heterocycles. The van der Waals surface area contributed by atoms with Crippen molar-refractivity contribution >= 4 is 31.9 Å².